The lowest BCUT2D eigenvalue weighted by molar-refractivity contribution is 0.258. The normalized spacial score (nSPS) is 13.1. The van der Waals surface area contributed by atoms with Crippen molar-refractivity contribution >= 4 is 27.3 Å². The van der Waals surface area contributed by atoms with Gasteiger partial charge in [-0.1, -0.05) is 81.4 Å². The minimum absolute atomic E-state index is 0.00290. The van der Waals surface area contributed by atoms with Crippen LogP contribution in [0.2, 0.25) is 18.1 Å². The molecule has 0 saturated carbocycles. The third-order valence-electron chi connectivity index (χ3n) is 4.31. The van der Waals surface area contributed by atoms with Crippen molar-refractivity contribution in [3.8, 4) is 0 Å². The SMILES string of the molecule is CCO[Si](C)(C)O[Si](c1ccccc1)(c1ccccc1)C(C)(C)C. The van der Waals surface area contributed by atoms with E-state index in [0.29, 0.717) is 6.61 Å². The second kappa shape index (κ2) is 7.36. The minimum atomic E-state index is -2.49. The Balaban J connectivity index is 2.71. The van der Waals surface area contributed by atoms with Crippen molar-refractivity contribution in [2.75, 3.05) is 6.61 Å². The van der Waals surface area contributed by atoms with E-state index in [2.05, 4.69) is 94.5 Å². The first kappa shape index (κ1) is 19.1. The first-order chi connectivity index (χ1) is 11.2. The highest BCUT2D eigenvalue weighted by Gasteiger charge is 2.53. The van der Waals surface area contributed by atoms with E-state index in [-0.39, 0.29) is 5.04 Å². The van der Waals surface area contributed by atoms with Crippen LogP contribution in [0, 0.1) is 0 Å². The summed E-state index contributed by atoms with van der Waals surface area (Å²) in [5.74, 6) is 0. The third kappa shape index (κ3) is 3.88. The summed E-state index contributed by atoms with van der Waals surface area (Å²) in [6.45, 7) is 14.0. The lowest BCUT2D eigenvalue weighted by Gasteiger charge is -2.47. The molecular weight excluding hydrogens is 328 g/mol. The van der Waals surface area contributed by atoms with Crippen molar-refractivity contribution in [1.82, 2.24) is 0 Å². The van der Waals surface area contributed by atoms with Gasteiger partial charge in [-0.2, -0.15) is 0 Å². The van der Waals surface area contributed by atoms with Crippen LogP contribution in [0.3, 0.4) is 0 Å². The molecule has 2 aromatic carbocycles. The van der Waals surface area contributed by atoms with Gasteiger partial charge in [0.05, 0.1) is 0 Å². The maximum atomic E-state index is 7.06. The van der Waals surface area contributed by atoms with Crippen LogP contribution in [0.5, 0.6) is 0 Å². The minimum Gasteiger partial charge on any atom is -0.428 e. The van der Waals surface area contributed by atoms with E-state index in [4.69, 9.17) is 8.54 Å². The molecule has 0 bridgehead atoms. The van der Waals surface area contributed by atoms with Crippen LogP contribution in [-0.4, -0.2) is 23.5 Å². The Morgan fingerprint density at radius 2 is 1.21 bits per heavy atom. The van der Waals surface area contributed by atoms with Crippen LogP contribution in [0.25, 0.3) is 0 Å². The Hall–Kier alpha value is -1.21. The molecular formula is C20H30O2Si2. The zero-order valence-corrected chi connectivity index (χ0v) is 17.8. The highest BCUT2D eigenvalue weighted by molar-refractivity contribution is 7.03. The van der Waals surface area contributed by atoms with Crippen LogP contribution >= 0.6 is 0 Å². The van der Waals surface area contributed by atoms with Crippen LogP contribution in [-0.2, 0) is 8.54 Å². The quantitative estimate of drug-likeness (QED) is 0.717. The molecule has 0 unspecified atom stereocenters. The molecule has 2 rings (SSSR count). The van der Waals surface area contributed by atoms with Crippen LogP contribution in [0.4, 0.5) is 0 Å². The number of benzene rings is 2. The molecule has 0 amide bonds. The third-order valence-corrected chi connectivity index (χ3v) is 12.9. The second-order valence-corrected chi connectivity index (χ2v) is 15.5. The van der Waals surface area contributed by atoms with Gasteiger partial charge in [-0.15, -0.1) is 0 Å². The molecule has 0 saturated heterocycles. The Labute approximate surface area is 149 Å². The summed E-state index contributed by atoms with van der Waals surface area (Å²) >= 11 is 0. The largest absolute Gasteiger partial charge is 0.428 e. The van der Waals surface area contributed by atoms with Gasteiger partial charge in [-0.25, -0.2) is 0 Å². The van der Waals surface area contributed by atoms with Gasteiger partial charge in [0.15, 0.2) is 0 Å². The van der Waals surface area contributed by atoms with Crippen molar-refractivity contribution in [3.63, 3.8) is 0 Å². The molecule has 0 radical (unpaired) electrons. The monoisotopic (exact) mass is 358 g/mol. The summed E-state index contributed by atoms with van der Waals surface area (Å²) in [4.78, 5) is 0. The fourth-order valence-electron chi connectivity index (χ4n) is 3.40. The predicted molar refractivity (Wildman–Crippen MR) is 108 cm³/mol. The first-order valence-corrected chi connectivity index (χ1v) is 13.4. The molecule has 2 aromatic rings. The van der Waals surface area contributed by atoms with E-state index in [9.17, 15) is 0 Å². The second-order valence-electron chi connectivity index (χ2n) is 7.60. The summed E-state index contributed by atoms with van der Waals surface area (Å²) in [6, 6.07) is 21.5. The van der Waals surface area contributed by atoms with E-state index in [1.807, 2.05) is 6.92 Å². The molecule has 2 nitrogen and oxygen atoms in total. The van der Waals surface area contributed by atoms with Crippen LogP contribution in [0.15, 0.2) is 60.7 Å². The maximum absolute atomic E-state index is 7.06. The van der Waals surface area contributed by atoms with E-state index in [0.717, 1.165) is 0 Å². The zero-order chi connectivity index (χ0) is 17.8. The smallest absolute Gasteiger partial charge is 0.321 e. The van der Waals surface area contributed by atoms with Crippen LogP contribution < -0.4 is 10.4 Å². The highest BCUT2D eigenvalue weighted by atomic mass is 28.4. The van der Waals surface area contributed by atoms with Gasteiger partial charge in [0.1, 0.15) is 0 Å². The van der Waals surface area contributed by atoms with Crippen molar-refractivity contribution < 1.29 is 8.54 Å². The molecule has 0 aliphatic rings. The van der Waals surface area contributed by atoms with Gasteiger partial charge < -0.3 is 8.54 Å². The molecule has 130 valence electrons. The Bertz CT molecular complexity index is 594. The molecule has 0 aliphatic carbocycles. The van der Waals surface area contributed by atoms with Crippen LogP contribution in [0.1, 0.15) is 27.7 Å². The van der Waals surface area contributed by atoms with Crippen molar-refractivity contribution in [2.45, 2.75) is 45.8 Å². The van der Waals surface area contributed by atoms with Gasteiger partial charge in [-0.05, 0) is 35.4 Å². The fourth-order valence-corrected chi connectivity index (χ4v) is 12.8. The maximum Gasteiger partial charge on any atom is 0.321 e. The molecule has 0 heterocycles. The summed E-state index contributed by atoms with van der Waals surface area (Å²) < 4.78 is 13.1. The molecule has 4 heteroatoms. The van der Waals surface area contributed by atoms with Crippen molar-refractivity contribution in [2.24, 2.45) is 0 Å². The Kier molecular flexibility index (Phi) is 5.86. The number of hydrogen-bond donors (Lipinski definition) is 0. The van der Waals surface area contributed by atoms with Crippen molar-refractivity contribution in [3.05, 3.63) is 60.7 Å². The standard InChI is InChI=1S/C20H30O2Si2/c1-7-21-23(5,6)22-24(20(2,3)4,18-14-10-8-11-15-18)19-16-12-9-13-17-19/h8-17H,7H2,1-6H3. The molecule has 24 heavy (non-hydrogen) atoms. The highest BCUT2D eigenvalue weighted by Crippen LogP contribution is 2.38. The topological polar surface area (TPSA) is 18.5 Å². The summed E-state index contributed by atoms with van der Waals surface area (Å²) in [6.07, 6.45) is 0. The molecule has 0 N–H and O–H groups in total. The summed E-state index contributed by atoms with van der Waals surface area (Å²) in [7, 11) is -4.74. The molecule has 0 atom stereocenters. The lowest BCUT2D eigenvalue weighted by atomic mass is 10.2. The van der Waals surface area contributed by atoms with Gasteiger partial charge in [0.2, 0.25) is 0 Å². The summed E-state index contributed by atoms with van der Waals surface area (Å²) in [5, 5.41) is 2.62. The summed E-state index contributed by atoms with van der Waals surface area (Å²) in [5.41, 5.74) is 0. The molecule has 0 aliphatic heterocycles. The first-order valence-electron chi connectivity index (χ1n) is 8.68. The Morgan fingerprint density at radius 1 is 0.792 bits per heavy atom. The van der Waals surface area contributed by atoms with Gasteiger partial charge >= 0.3 is 8.56 Å². The molecule has 0 spiro atoms. The van der Waals surface area contributed by atoms with E-state index >= 15 is 0 Å². The van der Waals surface area contributed by atoms with E-state index in [1.54, 1.807) is 0 Å². The van der Waals surface area contributed by atoms with Gasteiger partial charge in [-0.3, -0.25) is 0 Å². The number of rotatable bonds is 6. The van der Waals surface area contributed by atoms with Gasteiger partial charge in [0.25, 0.3) is 8.32 Å². The zero-order valence-electron chi connectivity index (χ0n) is 15.8. The molecule has 0 fully saturated rings. The number of hydrogen-bond acceptors (Lipinski definition) is 2. The van der Waals surface area contributed by atoms with E-state index in [1.165, 1.54) is 10.4 Å². The van der Waals surface area contributed by atoms with Crippen molar-refractivity contribution in [1.29, 1.82) is 0 Å². The average molecular weight is 359 g/mol. The van der Waals surface area contributed by atoms with E-state index < -0.39 is 16.9 Å². The average Bonchev–Trinajstić information content (AvgIpc) is 2.53. The predicted octanol–water partition coefficient (Wildman–Crippen LogP) is 4.30. The Morgan fingerprint density at radius 3 is 1.54 bits per heavy atom. The molecule has 0 aromatic heterocycles. The lowest BCUT2D eigenvalue weighted by Crippen LogP contribution is -2.70. The fraction of sp³-hybridized carbons (Fsp3) is 0.400. The van der Waals surface area contributed by atoms with Gasteiger partial charge in [0, 0.05) is 6.61 Å².